The third-order valence-electron chi connectivity index (χ3n) is 4.37. The van der Waals surface area contributed by atoms with Gasteiger partial charge in [-0.25, -0.2) is 0 Å². The van der Waals surface area contributed by atoms with Crippen LogP contribution in [0.2, 0.25) is 0 Å². The summed E-state index contributed by atoms with van der Waals surface area (Å²) in [4.78, 5) is 0. The molecule has 2 aromatic rings. The largest absolute Gasteiger partial charge is 0.321 e. The van der Waals surface area contributed by atoms with Gasteiger partial charge in [0.05, 0.1) is 0 Å². The number of fused-ring (bicyclic) bond motifs is 1. The van der Waals surface area contributed by atoms with Crippen LogP contribution in [0.4, 0.5) is 0 Å². The van der Waals surface area contributed by atoms with Gasteiger partial charge in [-0.2, -0.15) is 0 Å². The fourth-order valence-corrected chi connectivity index (χ4v) is 3.11. The predicted molar refractivity (Wildman–Crippen MR) is 80.2 cm³/mol. The molecule has 1 nitrogen and oxygen atoms in total. The van der Waals surface area contributed by atoms with Crippen LogP contribution < -0.4 is 5.73 Å². The maximum absolute atomic E-state index is 6.72. The molecule has 0 saturated heterocycles. The molecule has 0 fully saturated rings. The quantitative estimate of drug-likeness (QED) is 0.867. The first-order chi connectivity index (χ1) is 9.21. The van der Waals surface area contributed by atoms with Crippen LogP contribution in [0, 0.1) is 0 Å². The van der Waals surface area contributed by atoms with Crippen molar-refractivity contribution in [2.24, 2.45) is 5.73 Å². The Kier molecular flexibility index (Phi) is 3.16. The molecular weight excluding hydrogens is 230 g/mol. The van der Waals surface area contributed by atoms with E-state index >= 15 is 0 Å². The minimum absolute atomic E-state index is 0.195. The molecule has 0 saturated carbocycles. The first-order valence-corrected chi connectivity index (χ1v) is 7.16. The Morgan fingerprint density at radius 2 is 1.84 bits per heavy atom. The molecule has 2 N–H and O–H groups in total. The second-order valence-corrected chi connectivity index (χ2v) is 5.66. The third-order valence-corrected chi connectivity index (χ3v) is 4.37. The molecule has 19 heavy (non-hydrogen) atoms. The van der Waals surface area contributed by atoms with E-state index in [0.29, 0.717) is 0 Å². The normalized spacial score (nSPS) is 22.0. The van der Waals surface area contributed by atoms with Crippen LogP contribution in [0.1, 0.15) is 35.6 Å². The summed E-state index contributed by atoms with van der Waals surface area (Å²) in [5.74, 6) is 0. The number of hydrogen-bond acceptors (Lipinski definition) is 1. The van der Waals surface area contributed by atoms with Gasteiger partial charge in [0.25, 0.3) is 0 Å². The van der Waals surface area contributed by atoms with Crippen LogP contribution in [0.5, 0.6) is 0 Å². The van der Waals surface area contributed by atoms with Crippen molar-refractivity contribution in [1.29, 1.82) is 0 Å². The molecule has 0 amide bonds. The van der Waals surface area contributed by atoms with Crippen LogP contribution in [0.15, 0.2) is 48.5 Å². The van der Waals surface area contributed by atoms with Crippen molar-refractivity contribution >= 4 is 0 Å². The topological polar surface area (TPSA) is 26.0 Å². The summed E-state index contributed by atoms with van der Waals surface area (Å²) in [7, 11) is 0. The Balaban J connectivity index is 1.96. The summed E-state index contributed by atoms with van der Waals surface area (Å²) < 4.78 is 0. The number of benzene rings is 2. The smallest absolute Gasteiger partial charge is 0.0453 e. The first-order valence-electron chi connectivity index (χ1n) is 7.16. The van der Waals surface area contributed by atoms with E-state index in [1.807, 2.05) is 0 Å². The van der Waals surface area contributed by atoms with Crippen LogP contribution >= 0.6 is 0 Å². The van der Waals surface area contributed by atoms with Crippen molar-refractivity contribution in [1.82, 2.24) is 0 Å². The predicted octanol–water partition coefficient (Wildman–Crippen LogP) is 3.59. The lowest BCUT2D eigenvalue weighted by Gasteiger charge is -2.35. The highest BCUT2D eigenvalue weighted by atomic mass is 14.7. The van der Waals surface area contributed by atoms with Gasteiger partial charge in [-0.1, -0.05) is 55.5 Å². The van der Waals surface area contributed by atoms with Gasteiger partial charge in [0.2, 0.25) is 0 Å². The Hall–Kier alpha value is -1.60. The minimum Gasteiger partial charge on any atom is -0.321 e. The standard InChI is InChI=1S/C18H21N/c1-2-14-6-5-9-17(12-14)18(19)11-10-15-7-3-4-8-16(15)13-18/h3-9,12H,2,10-11,13,19H2,1H3. The number of hydrogen-bond donors (Lipinski definition) is 1. The van der Waals surface area contributed by atoms with Crippen molar-refractivity contribution in [2.45, 2.75) is 38.1 Å². The van der Waals surface area contributed by atoms with E-state index in [-0.39, 0.29) is 5.54 Å². The average Bonchev–Trinajstić information content (AvgIpc) is 2.47. The highest BCUT2D eigenvalue weighted by Crippen LogP contribution is 2.34. The maximum atomic E-state index is 6.72. The summed E-state index contributed by atoms with van der Waals surface area (Å²) in [5.41, 5.74) is 12.1. The summed E-state index contributed by atoms with van der Waals surface area (Å²) in [6.07, 6.45) is 4.15. The first kappa shape index (κ1) is 12.4. The van der Waals surface area contributed by atoms with E-state index in [2.05, 4.69) is 55.5 Å². The molecule has 0 aromatic heterocycles. The lowest BCUT2D eigenvalue weighted by molar-refractivity contribution is 0.385. The van der Waals surface area contributed by atoms with Crippen molar-refractivity contribution in [3.05, 3.63) is 70.8 Å². The molecule has 0 radical (unpaired) electrons. The Morgan fingerprint density at radius 1 is 1.05 bits per heavy atom. The fraction of sp³-hybridized carbons (Fsp3) is 0.333. The van der Waals surface area contributed by atoms with Crippen molar-refractivity contribution in [3.8, 4) is 0 Å². The molecule has 0 spiro atoms. The maximum Gasteiger partial charge on any atom is 0.0453 e. The Morgan fingerprint density at radius 3 is 2.63 bits per heavy atom. The van der Waals surface area contributed by atoms with Crippen molar-refractivity contribution in [3.63, 3.8) is 0 Å². The summed E-state index contributed by atoms with van der Waals surface area (Å²) in [5, 5.41) is 0. The second-order valence-electron chi connectivity index (χ2n) is 5.66. The SMILES string of the molecule is CCc1cccc(C2(N)CCc3ccccc3C2)c1. The monoisotopic (exact) mass is 251 g/mol. The van der Waals surface area contributed by atoms with E-state index < -0.39 is 0 Å². The number of aryl methyl sites for hydroxylation is 2. The molecule has 2 aromatic carbocycles. The Labute approximate surface area is 115 Å². The molecule has 0 aliphatic heterocycles. The Bertz CT molecular complexity index is 588. The van der Waals surface area contributed by atoms with Crippen molar-refractivity contribution in [2.75, 3.05) is 0 Å². The molecule has 1 aliphatic carbocycles. The van der Waals surface area contributed by atoms with Crippen LogP contribution in [-0.2, 0) is 24.8 Å². The molecule has 3 rings (SSSR count). The highest BCUT2D eigenvalue weighted by Gasteiger charge is 2.31. The van der Waals surface area contributed by atoms with Gasteiger partial charge in [0.1, 0.15) is 0 Å². The zero-order chi connectivity index (χ0) is 13.3. The zero-order valence-corrected chi connectivity index (χ0v) is 11.5. The van der Waals surface area contributed by atoms with E-state index in [1.54, 1.807) is 0 Å². The molecular formula is C18H21N. The molecule has 1 unspecified atom stereocenters. The molecule has 0 bridgehead atoms. The van der Waals surface area contributed by atoms with Gasteiger partial charge in [0.15, 0.2) is 0 Å². The van der Waals surface area contributed by atoms with E-state index in [0.717, 1.165) is 25.7 Å². The van der Waals surface area contributed by atoms with Gasteiger partial charge in [-0.3, -0.25) is 0 Å². The lowest BCUT2D eigenvalue weighted by Crippen LogP contribution is -2.42. The second kappa shape index (κ2) is 4.82. The van der Waals surface area contributed by atoms with Crippen molar-refractivity contribution < 1.29 is 0 Å². The molecule has 1 aliphatic rings. The van der Waals surface area contributed by atoms with E-state index in [1.165, 1.54) is 22.3 Å². The van der Waals surface area contributed by atoms with Gasteiger partial charge in [0, 0.05) is 5.54 Å². The minimum atomic E-state index is -0.195. The van der Waals surface area contributed by atoms with Gasteiger partial charge in [-0.15, -0.1) is 0 Å². The summed E-state index contributed by atoms with van der Waals surface area (Å²) in [6, 6.07) is 17.5. The van der Waals surface area contributed by atoms with Gasteiger partial charge in [-0.05, 0) is 47.9 Å². The summed E-state index contributed by atoms with van der Waals surface area (Å²) in [6.45, 7) is 2.19. The van der Waals surface area contributed by atoms with Gasteiger partial charge < -0.3 is 5.73 Å². The molecule has 1 heteroatoms. The van der Waals surface area contributed by atoms with E-state index in [9.17, 15) is 0 Å². The number of rotatable bonds is 2. The zero-order valence-electron chi connectivity index (χ0n) is 11.5. The van der Waals surface area contributed by atoms with Crippen LogP contribution in [0.3, 0.4) is 0 Å². The number of nitrogens with two attached hydrogens (primary N) is 1. The highest BCUT2D eigenvalue weighted by molar-refractivity contribution is 5.38. The summed E-state index contributed by atoms with van der Waals surface area (Å²) >= 11 is 0. The third kappa shape index (κ3) is 2.31. The van der Waals surface area contributed by atoms with Crippen LogP contribution in [0.25, 0.3) is 0 Å². The van der Waals surface area contributed by atoms with Gasteiger partial charge >= 0.3 is 0 Å². The molecule has 0 heterocycles. The lowest BCUT2D eigenvalue weighted by atomic mass is 9.74. The fourth-order valence-electron chi connectivity index (χ4n) is 3.11. The van der Waals surface area contributed by atoms with E-state index in [4.69, 9.17) is 5.73 Å². The average molecular weight is 251 g/mol. The molecule has 1 atom stereocenters. The van der Waals surface area contributed by atoms with Crippen LogP contribution in [-0.4, -0.2) is 0 Å². The molecule has 98 valence electrons.